The van der Waals surface area contributed by atoms with Crippen molar-refractivity contribution in [3.8, 4) is 39.7 Å². The number of carboxylic acid groups (broad SMARTS) is 1. The Morgan fingerprint density at radius 2 is 1.31 bits per heavy atom. The summed E-state index contributed by atoms with van der Waals surface area (Å²) in [5, 5.41) is 27.9. The summed E-state index contributed by atoms with van der Waals surface area (Å²) in [6, 6.07) is 20.6. The van der Waals surface area contributed by atoms with Crippen LogP contribution >= 0.6 is 12.2 Å². The zero-order chi connectivity index (χ0) is 35.9. The number of nitriles is 1. The normalized spacial score (nSPS) is 9.47. The molecule has 0 saturated carbocycles. The van der Waals surface area contributed by atoms with Gasteiger partial charge in [-0.1, -0.05) is 29.8 Å². The number of nitrogens with zero attached hydrogens (tertiary/aromatic N) is 7. The average Bonchev–Trinajstić information content (AvgIpc) is 3.60. The van der Waals surface area contributed by atoms with E-state index in [2.05, 4.69) is 49.8 Å². The van der Waals surface area contributed by atoms with Crippen LogP contribution in [0.25, 0.3) is 61.0 Å². The molecule has 7 aromatic rings. The molecule has 2 aromatic carbocycles. The quantitative estimate of drug-likeness (QED) is 0.0365. The first-order valence-electron chi connectivity index (χ1n) is 13.9. The topological polar surface area (TPSA) is 216 Å². The van der Waals surface area contributed by atoms with Gasteiger partial charge in [0, 0.05) is 53.3 Å². The Kier molecular flexibility index (Phi) is 14.9. The second-order valence-electron chi connectivity index (χ2n) is 9.35. The average molecular weight is 802 g/mol. The number of isothiocyanates is 1. The summed E-state index contributed by atoms with van der Waals surface area (Å²) in [5.41, 5.74) is 5.43. The van der Waals surface area contributed by atoms with Crippen LogP contribution in [-0.2, 0) is 41.7 Å². The van der Waals surface area contributed by atoms with E-state index in [9.17, 15) is 14.4 Å². The van der Waals surface area contributed by atoms with E-state index in [1.54, 1.807) is 60.9 Å². The Bertz CT molecular complexity index is 2260. The van der Waals surface area contributed by atoms with Gasteiger partial charge in [-0.25, -0.2) is 15.0 Å². The van der Waals surface area contributed by atoms with Gasteiger partial charge in [0.25, 0.3) is 12.9 Å². The number of rotatable bonds is 7. The molecule has 2 N–H and O–H groups in total. The van der Waals surface area contributed by atoms with E-state index in [0.717, 1.165) is 38.4 Å². The molecular weight excluding hydrogens is 782 g/mol. The standard InChI is InChI=1S/C20H12N4O2.C12H8N2O4.CHNS.CNS.Ru/c25-20(26)12-7-5-11(6-8-12)19-23-17-13-3-1-9-21-15(13)16-14(18(17)24-19)4-2-10-22-16;15-7-17-9-1-3-13-11(5-9)12-6-10(18-8-16)2-4-14-12;2*2-1-3;/h1-10H,(H,23,24)(H,25,26);1-8H;3H;;/q;;;-1;+2/p-1. The van der Waals surface area contributed by atoms with Crippen LogP contribution in [0.1, 0.15) is 10.4 Å². The second kappa shape index (κ2) is 19.5. The van der Waals surface area contributed by atoms with Crippen molar-refractivity contribution in [2.24, 2.45) is 0 Å². The molecule has 0 spiro atoms. The van der Waals surface area contributed by atoms with Crippen molar-refractivity contribution in [3.05, 3.63) is 109 Å². The molecule has 17 heteroatoms. The molecule has 0 radical (unpaired) electrons. The number of H-pyrrole nitrogens is 1. The maximum absolute atomic E-state index is 11.0. The molecular formula is C34H20N8O6RuS2. The van der Waals surface area contributed by atoms with Crippen molar-refractivity contribution in [2.45, 2.75) is 0 Å². The number of nitrogens with one attached hydrogen (secondary N) is 1. The van der Waals surface area contributed by atoms with Gasteiger partial charge in [-0.15, -0.1) is 0 Å². The number of carbonyl (C=O) groups excluding carboxylic acids is 2. The molecule has 0 bridgehead atoms. The number of carbonyl (C=O) groups is 3. The number of ether oxygens (including phenoxy) is 2. The molecule has 252 valence electrons. The van der Waals surface area contributed by atoms with Gasteiger partial charge >= 0.3 is 25.4 Å². The van der Waals surface area contributed by atoms with Crippen molar-refractivity contribution in [1.29, 1.82) is 5.26 Å². The fourth-order valence-electron chi connectivity index (χ4n) is 4.61. The van der Waals surface area contributed by atoms with Crippen LogP contribution in [0.15, 0.2) is 97.6 Å². The number of aromatic carboxylic acids is 1. The summed E-state index contributed by atoms with van der Waals surface area (Å²) >= 11 is 7.40. The van der Waals surface area contributed by atoms with Gasteiger partial charge in [0.1, 0.15) is 17.3 Å². The number of pyridine rings is 4. The van der Waals surface area contributed by atoms with E-state index >= 15 is 0 Å². The molecule has 0 atom stereocenters. The van der Waals surface area contributed by atoms with E-state index in [4.69, 9.17) is 30.2 Å². The van der Waals surface area contributed by atoms with Gasteiger partial charge in [-0.05, 0) is 48.5 Å². The third-order valence-electron chi connectivity index (χ3n) is 6.57. The minimum atomic E-state index is -0.949. The van der Waals surface area contributed by atoms with Gasteiger partial charge in [-0.3, -0.25) is 29.5 Å². The molecule has 5 aromatic heterocycles. The summed E-state index contributed by atoms with van der Waals surface area (Å²) in [7, 11) is 0. The number of fused-ring (bicyclic) bond motifs is 6. The Labute approximate surface area is 312 Å². The zero-order valence-electron chi connectivity index (χ0n) is 25.7. The summed E-state index contributed by atoms with van der Waals surface area (Å²) < 4.78 is 9.42. The Morgan fingerprint density at radius 3 is 1.80 bits per heavy atom. The van der Waals surface area contributed by atoms with Gasteiger partial charge in [0.15, 0.2) is 0 Å². The number of hydrogen-bond donors (Lipinski definition) is 2. The molecule has 14 nitrogen and oxygen atoms in total. The summed E-state index contributed by atoms with van der Waals surface area (Å²) in [6.07, 6.45) is 6.48. The summed E-state index contributed by atoms with van der Waals surface area (Å²) in [4.78, 5) is 56.8. The van der Waals surface area contributed by atoms with Crippen LogP contribution < -0.4 is 9.47 Å². The first-order valence-corrected chi connectivity index (χ1v) is 14.7. The van der Waals surface area contributed by atoms with Crippen LogP contribution in [0.4, 0.5) is 0 Å². The number of benzene rings is 2. The van der Waals surface area contributed by atoms with Crippen molar-refractivity contribution in [2.75, 3.05) is 0 Å². The first-order chi connectivity index (χ1) is 24.4. The molecule has 0 aliphatic rings. The number of thiocyanates is 1. The molecule has 0 saturated heterocycles. The summed E-state index contributed by atoms with van der Waals surface area (Å²) in [6.45, 7) is 0.664. The van der Waals surface area contributed by atoms with Crippen LogP contribution in [-0.4, -0.2) is 59.1 Å². The van der Waals surface area contributed by atoms with Crippen LogP contribution in [0.5, 0.6) is 11.5 Å². The van der Waals surface area contributed by atoms with Gasteiger partial charge < -0.3 is 37.6 Å². The molecule has 0 amide bonds. The smallest absolute Gasteiger partial charge is 0.753 e. The maximum Gasteiger partial charge on any atom is 2.00 e. The Balaban J connectivity index is 0.000000246. The van der Waals surface area contributed by atoms with Crippen molar-refractivity contribution in [1.82, 2.24) is 29.9 Å². The second-order valence-corrected chi connectivity index (χ2v) is 9.72. The van der Waals surface area contributed by atoms with Crippen LogP contribution in [0.2, 0.25) is 0 Å². The fourth-order valence-corrected chi connectivity index (χ4v) is 4.61. The Hall–Kier alpha value is -6.43. The van der Waals surface area contributed by atoms with E-state index < -0.39 is 5.97 Å². The number of imidazole rings is 1. The van der Waals surface area contributed by atoms with E-state index in [1.807, 2.05) is 24.3 Å². The van der Waals surface area contributed by atoms with Gasteiger partial charge in [0.05, 0.1) is 39.0 Å². The van der Waals surface area contributed by atoms with E-state index in [-0.39, 0.29) is 25.0 Å². The molecule has 0 unspecified atom stereocenters. The Morgan fingerprint density at radius 1 is 0.824 bits per heavy atom. The third-order valence-corrected chi connectivity index (χ3v) is 6.57. The summed E-state index contributed by atoms with van der Waals surface area (Å²) in [5.74, 6) is 0.450. The minimum absolute atomic E-state index is 0. The number of hydrogen-bond acceptors (Lipinski definition) is 13. The monoisotopic (exact) mass is 802 g/mol. The van der Waals surface area contributed by atoms with Gasteiger partial charge in [-0.2, -0.15) is 5.16 Å². The molecule has 0 aliphatic heterocycles. The van der Waals surface area contributed by atoms with Crippen LogP contribution in [0, 0.1) is 10.7 Å². The van der Waals surface area contributed by atoms with E-state index in [0.29, 0.717) is 41.7 Å². The number of aromatic nitrogens is 6. The van der Waals surface area contributed by atoms with Crippen molar-refractivity contribution < 1.29 is 48.4 Å². The van der Waals surface area contributed by atoms with E-state index in [1.165, 1.54) is 23.0 Å². The number of aromatic amines is 1. The fraction of sp³-hybridized carbons (Fsp3) is 0. The van der Waals surface area contributed by atoms with Crippen molar-refractivity contribution in [3.63, 3.8) is 0 Å². The molecule has 5 heterocycles. The first kappa shape index (κ1) is 39.0. The van der Waals surface area contributed by atoms with Gasteiger partial charge in [0.2, 0.25) is 0 Å². The minimum Gasteiger partial charge on any atom is -0.753 e. The van der Waals surface area contributed by atoms with Crippen LogP contribution in [0.3, 0.4) is 0 Å². The molecule has 7 rings (SSSR count). The zero-order valence-corrected chi connectivity index (χ0v) is 29.1. The predicted octanol–water partition coefficient (Wildman–Crippen LogP) is 5.91. The number of carboxylic acids is 1. The molecule has 0 aliphatic carbocycles. The third kappa shape index (κ3) is 9.82. The predicted molar refractivity (Wildman–Crippen MR) is 189 cm³/mol. The van der Waals surface area contributed by atoms with Crippen molar-refractivity contribution >= 4 is 81.8 Å². The SMILES string of the molecule is N#C[S-].O=C(O)c1ccc(-c2nc3c4cccnc4c4ncccc4c3[nH]2)cc1.O=COc1ccnc(-c2cc(OC=O)ccn2)c1.[N-]=C=S.[Ru+2]. The molecule has 0 fully saturated rings. The molecule has 51 heavy (non-hydrogen) atoms. The number of thiocarbonyl (C=S) groups is 1. The largest absolute Gasteiger partial charge is 2.00 e. The maximum atomic E-state index is 11.0.